The number of halogens is 1. The first-order chi connectivity index (χ1) is 5.33. The van der Waals surface area contributed by atoms with Gasteiger partial charge in [-0.25, -0.2) is 0 Å². The molecular formula is C8H16ClNO2. The summed E-state index contributed by atoms with van der Waals surface area (Å²) in [7, 11) is 0. The zero-order chi connectivity index (χ0) is 8.10. The van der Waals surface area contributed by atoms with E-state index in [1.165, 1.54) is 12.8 Å². The Morgan fingerprint density at radius 2 is 2.25 bits per heavy atom. The number of ether oxygens (including phenoxy) is 1. The van der Waals surface area contributed by atoms with Crippen LogP contribution in [0.15, 0.2) is 0 Å². The molecule has 0 spiro atoms. The van der Waals surface area contributed by atoms with Crippen LogP contribution in [0.25, 0.3) is 0 Å². The van der Waals surface area contributed by atoms with Crippen LogP contribution < -0.4 is 5.32 Å². The standard InChI is InChI=1S/C8H15NO2.ClH/c1-2-11-8(10)6-9-5-7-3-4-7;/h7,9H,2-6H2,1H3;1H. The second kappa shape index (κ2) is 6.26. The lowest BCUT2D eigenvalue weighted by atomic mass is 10.4. The predicted molar refractivity (Wildman–Crippen MR) is 49.5 cm³/mol. The number of carbonyl (C=O) groups is 1. The largest absolute Gasteiger partial charge is 0.465 e. The Kier molecular flexibility index (Phi) is 6.11. The highest BCUT2D eigenvalue weighted by atomic mass is 35.5. The summed E-state index contributed by atoms with van der Waals surface area (Å²) in [6.45, 7) is 3.63. The van der Waals surface area contributed by atoms with Gasteiger partial charge < -0.3 is 10.1 Å². The summed E-state index contributed by atoms with van der Waals surface area (Å²) in [4.78, 5) is 10.8. The maximum absolute atomic E-state index is 10.8. The Hall–Kier alpha value is -0.280. The molecule has 1 fully saturated rings. The molecule has 0 aromatic carbocycles. The highest BCUT2D eigenvalue weighted by Gasteiger charge is 2.20. The molecule has 1 aliphatic carbocycles. The molecule has 0 atom stereocenters. The first kappa shape index (κ1) is 11.7. The summed E-state index contributed by atoms with van der Waals surface area (Å²) < 4.78 is 4.74. The van der Waals surface area contributed by atoms with Crippen LogP contribution >= 0.6 is 12.4 Å². The van der Waals surface area contributed by atoms with Crippen LogP contribution in [-0.2, 0) is 9.53 Å². The minimum atomic E-state index is -0.145. The van der Waals surface area contributed by atoms with Gasteiger partial charge in [0.1, 0.15) is 0 Å². The minimum absolute atomic E-state index is 0. The average Bonchev–Trinajstić information content (AvgIpc) is 2.72. The molecular weight excluding hydrogens is 178 g/mol. The summed E-state index contributed by atoms with van der Waals surface area (Å²) in [5, 5.41) is 3.06. The fourth-order valence-corrected chi connectivity index (χ4v) is 0.912. The molecule has 0 aliphatic heterocycles. The molecule has 1 N–H and O–H groups in total. The van der Waals surface area contributed by atoms with E-state index in [9.17, 15) is 4.79 Å². The van der Waals surface area contributed by atoms with Gasteiger partial charge >= 0.3 is 5.97 Å². The third-order valence-electron chi connectivity index (χ3n) is 1.70. The Morgan fingerprint density at radius 3 is 2.75 bits per heavy atom. The molecule has 0 aromatic rings. The smallest absolute Gasteiger partial charge is 0.319 e. The van der Waals surface area contributed by atoms with Crippen LogP contribution in [0.3, 0.4) is 0 Å². The Bertz CT molecular complexity index is 137. The fraction of sp³-hybridized carbons (Fsp3) is 0.875. The number of hydrogen-bond donors (Lipinski definition) is 1. The van der Waals surface area contributed by atoms with Gasteiger partial charge in [-0.1, -0.05) is 0 Å². The summed E-state index contributed by atoms with van der Waals surface area (Å²) in [6.07, 6.45) is 2.63. The van der Waals surface area contributed by atoms with Crippen molar-refractivity contribution in [2.75, 3.05) is 19.7 Å². The molecule has 4 heteroatoms. The van der Waals surface area contributed by atoms with Crippen molar-refractivity contribution in [3.63, 3.8) is 0 Å². The topological polar surface area (TPSA) is 38.3 Å². The third kappa shape index (κ3) is 5.38. The highest BCUT2D eigenvalue weighted by molar-refractivity contribution is 5.85. The number of esters is 1. The summed E-state index contributed by atoms with van der Waals surface area (Å²) in [5.74, 6) is 0.678. The number of hydrogen-bond acceptors (Lipinski definition) is 3. The molecule has 1 rings (SSSR count). The lowest BCUT2D eigenvalue weighted by Crippen LogP contribution is -2.26. The van der Waals surface area contributed by atoms with Gasteiger partial charge in [-0.3, -0.25) is 4.79 Å². The molecule has 0 unspecified atom stereocenters. The summed E-state index contributed by atoms with van der Waals surface area (Å²) in [6, 6.07) is 0. The van der Waals surface area contributed by atoms with Gasteiger partial charge in [0, 0.05) is 0 Å². The van der Waals surface area contributed by atoms with E-state index in [4.69, 9.17) is 4.74 Å². The Morgan fingerprint density at radius 1 is 1.58 bits per heavy atom. The summed E-state index contributed by atoms with van der Waals surface area (Å²) >= 11 is 0. The average molecular weight is 194 g/mol. The Labute approximate surface area is 79.3 Å². The van der Waals surface area contributed by atoms with E-state index in [1.807, 2.05) is 6.92 Å². The quantitative estimate of drug-likeness (QED) is 0.662. The van der Waals surface area contributed by atoms with Crippen molar-refractivity contribution in [1.82, 2.24) is 5.32 Å². The van der Waals surface area contributed by atoms with Gasteiger partial charge in [-0.05, 0) is 32.2 Å². The normalized spacial score (nSPS) is 15.1. The molecule has 0 bridgehead atoms. The van der Waals surface area contributed by atoms with Gasteiger partial charge in [-0.2, -0.15) is 0 Å². The van der Waals surface area contributed by atoms with Crippen molar-refractivity contribution in [2.45, 2.75) is 19.8 Å². The molecule has 72 valence electrons. The second-order valence-corrected chi connectivity index (χ2v) is 2.88. The molecule has 1 saturated carbocycles. The van der Waals surface area contributed by atoms with Crippen LogP contribution in [0.1, 0.15) is 19.8 Å². The highest BCUT2D eigenvalue weighted by Crippen LogP contribution is 2.27. The van der Waals surface area contributed by atoms with Crippen molar-refractivity contribution < 1.29 is 9.53 Å². The SMILES string of the molecule is CCOC(=O)CNCC1CC1.Cl. The lowest BCUT2D eigenvalue weighted by molar-refractivity contribution is -0.141. The van der Waals surface area contributed by atoms with Crippen molar-refractivity contribution >= 4 is 18.4 Å². The first-order valence-corrected chi connectivity index (χ1v) is 4.19. The molecule has 0 radical (unpaired) electrons. The zero-order valence-corrected chi connectivity index (χ0v) is 8.15. The van der Waals surface area contributed by atoms with Crippen LogP contribution in [-0.4, -0.2) is 25.7 Å². The predicted octanol–water partition coefficient (Wildman–Crippen LogP) is 0.971. The number of nitrogens with one attached hydrogen (secondary N) is 1. The molecule has 0 saturated heterocycles. The minimum Gasteiger partial charge on any atom is -0.465 e. The monoisotopic (exact) mass is 193 g/mol. The molecule has 3 nitrogen and oxygen atoms in total. The van der Waals surface area contributed by atoms with E-state index >= 15 is 0 Å². The van der Waals surface area contributed by atoms with Crippen molar-refractivity contribution in [3.05, 3.63) is 0 Å². The fourth-order valence-electron chi connectivity index (χ4n) is 0.912. The first-order valence-electron chi connectivity index (χ1n) is 4.19. The molecule has 0 aromatic heterocycles. The van der Waals surface area contributed by atoms with Crippen LogP contribution in [0.4, 0.5) is 0 Å². The van der Waals surface area contributed by atoms with Crippen LogP contribution in [0, 0.1) is 5.92 Å². The lowest BCUT2D eigenvalue weighted by Gasteiger charge is -2.02. The van der Waals surface area contributed by atoms with E-state index in [-0.39, 0.29) is 18.4 Å². The number of rotatable bonds is 5. The Balaban J connectivity index is 0.00000121. The maximum Gasteiger partial charge on any atom is 0.319 e. The van der Waals surface area contributed by atoms with E-state index < -0.39 is 0 Å². The van der Waals surface area contributed by atoms with E-state index in [0.717, 1.165) is 12.5 Å². The van der Waals surface area contributed by atoms with Crippen LogP contribution in [0.5, 0.6) is 0 Å². The van der Waals surface area contributed by atoms with Gasteiger partial charge in [0.2, 0.25) is 0 Å². The van der Waals surface area contributed by atoms with Gasteiger partial charge in [0.25, 0.3) is 0 Å². The van der Waals surface area contributed by atoms with Crippen LogP contribution in [0.2, 0.25) is 0 Å². The molecule has 12 heavy (non-hydrogen) atoms. The van der Waals surface area contributed by atoms with Crippen molar-refractivity contribution in [3.8, 4) is 0 Å². The van der Waals surface area contributed by atoms with Crippen molar-refractivity contribution in [1.29, 1.82) is 0 Å². The summed E-state index contributed by atoms with van der Waals surface area (Å²) in [5.41, 5.74) is 0. The maximum atomic E-state index is 10.8. The van der Waals surface area contributed by atoms with E-state index in [0.29, 0.717) is 13.2 Å². The van der Waals surface area contributed by atoms with E-state index in [2.05, 4.69) is 5.32 Å². The third-order valence-corrected chi connectivity index (χ3v) is 1.70. The molecule has 1 aliphatic rings. The van der Waals surface area contributed by atoms with Crippen molar-refractivity contribution in [2.24, 2.45) is 5.92 Å². The van der Waals surface area contributed by atoms with Gasteiger partial charge in [0.05, 0.1) is 13.2 Å². The molecule has 0 heterocycles. The van der Waals surface area contributed by atoms with Gasteiger partial charge in [0.15, 0.2) is 0 Å². The second-order valence-electron chi connectivity index (χ2n) is 2.88. The van der Waals surface area contributed by atoms with E-state index in [1.54, 1.807) is 0 Å². The van der Waals surface area contributed by atoms with Gasteiger partial charge in [-0.15, -0.1) is 12.4 Å². The molecule has 0 amide bonds. The zero-order valence-electron chi connectivity index (χ0n) is 7.34. The number of carbonyl (C=O) groups excluding carboxylic acids is 1.